The van der Waals surface area contributed by atoms with Crippen molar-refractivity contribution in [3.8, 4) is 5.75 Å². The molecule has 1 amide bonds. The maximum absolute atomic E-state index is 13.3. The second-order valence-corrected chi connectivity index (χ2v) is 9.60. The van der Waals surface area contributed by atoms with Crippen molar-refractivity contribution in [3.05, 3.63) is 34.4 Å². The molecule has 0 aromatic carbocycles. The number of aliphatic imine (C=N–C) groups is 1. The van der Waals surface area contributed by atoms with E-state index in [0.717, 1.165) is 23.4 Å². The van der Waals surface area contributed by atoms with Crippen LogP contribution in [0.1, 0.15) is 42.2 Å². The molecule has 4 rings (SSSR count). The van der Waals surface area contributed by atoms with Gasteiger partial charge in [0.05, 0.1) is 18.9 Å². The van der Waals surface area contributed by atoms with E-state index in [2.05, 4.69) is 20.0 Å². The van der Waals surface area contributed by atoms with E-state index in [9.17, 15) is 13.6 Å². The average Bonchev–Trinajstić information content (AvgIpc) is 3.23. The molecule has 0 radical (unpaired) electrons. The van der Waals surface area contributed by atoms with Crippen molar-refractivity contribution in [2.75, 3.05) is 17.7 Å². The first kappa shape index (κ1) is 22.9. The van der Waals surface area contributed by atoms with E-state index in [1.807, 2.05) is 6.92 Å². The van der Waals surface area contributed by atoms with Crippen molar-refractivity contribution in [1.82, 2.24) is 9.97 Å². The van der Waals surface area contributed by atoms with E-state index < -0.39 is 24.0 Å². The fourth-order valence-electron chi connectivity index (χ4n) is 3.61. The number of aromatic nitrogens is 2. The van der Waals surface area contributed by atoms with Crippen LogP contribution in [0.3, 0.4) is 0 Å². The number of thioether (sulfide) groups is 1. The summed E-state index contributed by atoms with van der Waals surface area (Å²) < 4.78 is 37.1. The Balaban J connectivity index is 1.48. The van der Waals surface area contributed by atoms with Crippen LogP contribution in [0.2, 0.25) is 0 Å². The number of pyridine rings is 1. The number of anilines is 1. The third-order valence-corrected chi connectivity index (χ3v) is 7.35. The van der Waals surface area contributed by atoms with Crippen LogP contribution < -0.4 is 15.8 Å². The zero-order chi connectivity index (χ0) is 22.9. The van der Waals surface area contributed by atoms with Crippen molar-refractivity contribution in [2.45, 2.75) is 44.4 Å². The number of rotatable bonds is 6. The molecule has 2 aromatic heterocycles. The summed E-state index contributed by atoms with van der Waals surface area (Å²) in [6.07, 6.45) is -1.68. The van der Waals surface area contributed by atoms with Crippen LogP contribution in [0.4, 0.5) is 14.6 Å². The molecular weight excluding hydrogens is 460 g/mol. The van der Waals surface area contributed by atoms with Gasteiger partial charge in [0.15, 0.2) is 5.17 Å². The number of hydrogen-bond donors (Lipinski definition) is 2. The highest BCUT2D eigenvalue weighted by atomic mass is 32.2. The van der Waals surface area contributed by atoms with E-state index in [1.165, 1.54) is 42.2 Å². The molecule has 0 spiro atoms. The highest BCUT2D eigenvalue weighted by molar-refractivity contribution is 8.13. The standard InChI is InChI=1S/C20H23F2N5O3S2/c1-3-20(21,22)30-13-4-5-14(24-7-13)16(28)25-15-9-31-17(26-15)19-10-29-11(2)6-12(19)8-32-18(23)27-19/h4-5,7,9,11-12H,3,6,8,10H2,1-2H3,(H2,23,27)(H,25,28). The molecule has 1 saturated heterocycles. The van der Waals surface area contributed by atoms with E-state index in [1.54, 1.807) is 5.38 Å². The third-order valence-electron chi connectivity index (χ3n) is 5.39. The van der Waals surface area contributed by atoms with Crippen molar-refractivity contribution < 1.29 is 23.0 Å². The Labute approximate surface area is 192 Å². The molecule has 12 heteroatoms. The van der Waals surface area contributed by atoms with Crippen LogP contribution in [0, 0.1) is 5.92 Å². The number of ether oxygens (including phenoxy) is 2. The van der Waals surface area contributed by atoms with Gasteiger partial charge < -0.3 is 20.5 Å². The molecule has 1 fully saturated rings. The van der Waals surface area contributed by atoms with E-state index in [-0.39, 0.29) is 23.5 Å². The maximum Gasteiger partial charge on any atom is 0.397 e. The van der Waals surface area contributed by atoms with E-state index in [4.69, 9.17) is 15.5 Å². The highest BCUT2D eigenvalue weighted by Crippen LogP contribution is 2.47. The quantitative estimate of drug-likeness (QED) is 0.642. The monoisotopic (exact) mass is 483 g/mol. The molecule has 2 aliphatic rings. The van der Waals surface area contributed by atoms with Gasteiger partial charge in [0.2, 0.25) is 0 Å². The lowest BCUT2D eigenvalue weighted by Gasteiger charge is -2.44. The first-order chi connectivity index (χ1) is 15.2. The number of nitrogens with two attached hydrogens (primary N) is 1. The SMILES string of the molecule is CCC(F)(F)Oc1ccc(C(=O)Nc2csc(C34COC(C)CC3CSC(N)=N4)n2)nc1. The Bertz CT molecular complexity index is 1020. The minimum atomic E-state index is -3.29. The minimum absolute atomic E-state index is 0.0499. The molecule has 2 aromatic rings. The van der Waals surface area contributed by atoms with Crippen LogP contribution in [-0.4, -0.2) is 45.6 Å². The number of amidine groups is 1. The summed E-state index contributed by atoms with van der Waals surface area (Å²) in [5.41, 5.74) is 5.42. The van der Waals surface area contributed by atoms with Gasteiger partial charge in [-0.05, 0) is 25.5 Å². The van der Waals surface area contributed by atoms with Gasteiger partial charge in [0.25, 0.3) is 5.91 Å². The number of amides is 1. The smallest absolute Gasteiger partial charge is 0.397 e. The molecule has 0 saturated carbocycles. The maximum atomic E-state index is 13.3. The van der Waals surface area contributed by atoms with Gasteiger partial charge in [-0.25, -0.2) is 15.0 Å². The Morgan fingerprint density at radius 1 is 1.47 bits per heavy atom. The predicted molar refractivity (Wildman–Crippen MR) is 119 cm³/mol. The Morgan fingerprint density at radius 2 is 2.28 bits per heavy atom. The lowest BCUT2D eigenvalue weighted by atomic mass is 9.80. The minimum Gasteiger partial charge on any atom is -0.431 e. The summed E-state index contributed by atoms with van der Waals surface area (Å²) in [6.45, 7) is 3.73. The molecule has 8 nitrogen and oxygen atoms in total. The number of halogens is 2. The first-order valence-corrected chi connectivity index (χ1v) is 12.0. The zero-order valence-electron chi connectivity index (χ0n) is 17.5. The van der Waals surface area contributed by atoms with E-state index in [0.29, 0.717) is 17.6 Å². The van der Waals surface area contributed by atoms with Crippen LogP contribution in [0.5, 0.6) is 5.75 Å². The lowest BCUT2D eigenvalue weighted by Crippen LogP contribution is -2.49. The van der Waals surface area contributed by atoms with Gasteiger partial charge in [0, 0.05) is 23.5 Å². The predicted octanol–water partition coefficient (Wildman–Crippen LogP) is 3.85. The summed E-state index contributed by atoms with van der Waals surface area (Å²) in [7, 11) is 0. The van der Waals surface area contributed by atoms with Gasteiger partial charge in [-0.3, -0.25) is 4.79 Å². The van der Waals surface area contributed by atoms with Crippen LogP contribution in [0.25, 0.3) is 0 Å². The lowest BCUT2D eigenvalue weighted by molar-refractivity contribution is -0.177. The van der Waals surface area contributed by atoms with Gasteiger partial charge in [-0.2, -0.15) is 8.78 Å². The van der Waals surface area contributed by atoms with Crippen molar-refractivity contribution in [2.24, 2.45) is 16.6 Å². The molecule has 0 aliphatic carbocycles. The van der Waals surface area contributed by atoms with Crippen molar-refractivity contribution >= 4 is 40.0 Å². The van der Waals surface area contributed by atoms with Crippen molar-refractivity contribution in [3.63, 3.8) is 0 Å². The molecular formula is C20H23F2N5O3S2. The number of hydrogen-bond acceptors (Lipinski definition) is 9. The number of carbonyl (C=O) groups is 1. The number of nitrogens with zero attached hydrogens (tertiary/aromatic N) is 3. The topological polar surface area (TPSA) is 112 Å². The fraction of sp³-hybridized carbons (Fsp3) is 0.500. The third kappa shape index (κ3) is 4.71. The van der Waals surface area contributed by atoms with Crippen LogP contribution >= 0.6 is 23.1 Å². The molecule has 172 valence electrons. The summed E-state index contributed by atoms with van der Waals surface area (Å²) in [5, 5.41) is 5.65. The molecule has 2 aliphatic heterocycles. The first-order valence-electron chi connectivity index (χ1n) is 10.1. The second kappa shape index (κ2) is 8.91. The Hall–Kier alpha value is -2.31. The Kier molecular flexibility index (Phi) is 6.37. The van der Waals surface area contributed by atoms with Crippen LogP contribution in [-0.2, 0) is 10.3 Å². The van der Waals surface area contributed by atoms with Gasteiger partial charge >= 0.3 is 6.11 Å². The Morgan fingerprint density at radius 3 is 3.00 bits per heavy atom. The van der Waals surface area contributed by atoms with E-state index >= 15 is 0 Å². The zero-order valence-corrected chi connectivity index (χ0v) is 19.1. The number of fused-ring (bicyclic) bond motifs is 1. The number of carbonyl (C=O) groups excluding carboxylic acids is 1. The second-order valence-electron chi connectivity index (χ2n) is 7.70. The number of thiazole rings is 1. The van der Waals surface area contributed by atoms with Gasteiger partial charge in [0.1, 0.15) is 27.8 Å². The number of nitrogens with one attached hydrogen (secondary N) is 1. The molecule has 32 heavy (non-hydrogen) atoms. The van der Waals surface area contributed by atoms with Gasteiger partial charge in [-0.1, -0.05) is 18.7 Å². The highest BCUT2D eigenvalue weighted by Gasteiger charge is 2.49. The normalized spacial score (nSPS) is 25.6. The van der Waals surface area contributed by atoms with Crippen molar-refractivity contribution in [1.29, 1.82) is 0 Å². The van der Waals surface area contributed by atoms with Crippen LogP contribution in [0.15, 0.2) is 28.7 Å². The largest absolute Gasteiger partial charge is 0.431 e. The molecule has 4 heterocycles. The molecule has 3 unspecified atom stereocenters. The fourth-order valence-corrected chi connectivity index (χ4v) is 5.58. The molecule has 3 atom stereocenters. The average molecular weight is 484 g/mol. The summed E-state index contributed by atoms with van der Waals surface area (Å²) in [4.78, 5) is 25.8. The van der Waals surface area contributed by atoms with Gasteiger partial charge in [-0.15, -0.1) is 11.3 Å². The summed E-state index contributed by atoms with van der Waals surface area (Å²) >= 11 is 2.92. The molecule has 3 N–H and O–H groups in total. The molecule has 0 bridgehead atoms. The summed E-state index contributed by atoms with van der Waals surface area (Å²) in [5.74, 6) is 0.786. The number of alkyl halides is 2. The summed E-state index contributed by atoms with van der Waals surface area (Å²) in [6, 6.07) is 2.59.